The minimum atomic E-state index is -0.0622. The van der Waals surface area contributed by atoms with Crippen LogP contribution in [0.4, 0.5) is 0 Å². The largest absolute Gasteiger partial charge is 0.368 e. The second-order valence-electron chi connectivity index (χ2n) is 6.88. The summed E-state index contributed by atoms with van der Waals surface area (Å²) < 4.78 is 10.8. The number of rotatable bonds is 6. The molecule has 1 aromatic carbocycles. The molecule has 3 heterocycles. The summed E-state index contributed by atoms with van der Waals surface area (Å²) in [7, 11) is 0. The van der Waals surface area contributed by atoms with Gasteiger partial charge in [0.1, 0.15) is 6.10 Å². The summed E-state index contributed by atoms with van der Waals surface area (Å²) in [6.45, 7) is 3.42. The van der Waals surface area contributed by atoms with Gasteiger partial charge in [-0.2, -0.15) is 4.98 Å². The van der Waals surface area contributed by atoms with Crippen LogP contribution in [0.3, 0.4) is 0 Å². The molecule has 138 valence electrons. The van der Waals surface area contributed by atoms with Gasteiger partial charge in [0.25, 0.3) is 5.89 Å². The normalized spacial score (nSPS) is 20.1. The summed E-state index contributed by atoms with van der Waals surface area (Å²) in [5.74, 6) is 1.20. The number of nitrogens with zero attached hydrogens (tertiary/aromatic N) is 3. The molecule has 0 spiro atoms. The molecule has 1 unspecified atom stereocenters. The molecular weight excluding hydrogens is 332 g/mol. The first kappa shape index (κ1) is 17.2. The monoisotopic (exact) mass is 356 g/mol. The number of benzene rings is 1. The highest BCUT2D eigenvalue weighted by Gasteiger charge is 2.24. The predicted molar refractivity (Wildman–Crippen MR) is 94.4 cm³/mol. The number of nitrogens with one attached hydrogen (secondary N) is 1. The number of fused-ring (bicyclic) bond motifs is 1. The Balaban J connectivity index is 1.20. The molecule has 26 heavy (non-hydrogen) atoms. The Morgan fingerprint density at radius 3 is 3.04 bits per heavy atom. The van der Waals surface area contributed by atoms with E-state index in [1.807, 2.05) is 0 Å². The van der Waals surface area contributed by atoms with Gasteiger partial charge in [-0.25, -0.2) is 0 Å². The molecule has 1 fully saturated rings. The van der Waals surface area contributed by atoms with Crippen molar-refractivity contribution < 1.29 is 14.1 Å². The van der Waals surface area contributed by atoms with Crippen LogP contribution in [-0.4, -0.2) is 47.2 Å². The maximum atomic E-state index is 12.2. The minimum absolute atomic E-state index is 0.0345. The number of carbonyl (C=O) groups is 1. The third-order valence-corrected chi connectivity index (χ3v) is 4.94. The van der Waals surface area contributed by atoms with Crippen molar-refractivity contribution in [3.8, 4) is 0 Å². The predicted octanol–water partition coefficient (Wildman–Crippen LogP) is 1.64. The lowest BCUT2D eigenvalue weighted by Crippen LogP contribution is -2.40. The van der Waals surface area contributed by atoms with Crippen LogP contribution in [-0.2, 0) is 28.9 Å². The Morgan fingerprint density at radius 2 is 2.19 bits per heavy atom. The van der Waals surface area contributed by atoms with Gasteiger partial charge < -0.3 is 14.6 Å². The Bertz CT molecular complexity index is 755. The average molecular weight is 356 g/mol. The molecule has 7 heteroatoms. The third kappa shape index (κ3) is 4.11. The highest BCUT2D eigenvalue weighted by atomic mass is 16.5. The van der Waals surface area contributed by atoms with Crippen molar-refractivity contribution in [2.24, 2.45) is 0 Å². The van der Waals surface area contributed by atoms with Crippen LogP contribution >= 0.6 is 0 Å². The summed E-state index contributed by atoms with van der Waals surface area (Å²) in [6.07, 6.45) is 3.45. The lowest BCUT2D eigenvalue weighted by Gasteiger charge is -2.28. The lowest BCUT2D eigenvalue weighted by atomic mass is 10.00. The standard InChI is InChI=1S/C19H24N4O3/c24-18(13-23-10-8-14-4-1-2-5-15(14)12-23)20-9-7-17-21-19(26-22-17)16-6-3-11-25-16/h1-2,4-5,16H,3,6-13H2,(H,20,24). The number of hydrogen-bond donors (Lipinski definition) is 1. The van der Waals surface area contributed by atoms with Crippen molar-refractivity contribution in [2.75, 3.05) is 26.2 Å². The van der Waals surface area contributed by atoms with E-state index >= 15 is 0 Å². The zero-order valence-electron chi connectivity index (χ0n) is 14.8. The van der Waals surface area contributed by atoms with E-state index in [2.05, 4.69) is 44.6 Å². The molecule has 1 N–H and O–H groups in total. The van der Waals surface area contributed by atoms with Gasteiger partial charge >= 0.3 is 0 Å². The smallest absolute Gasteiger partial charge is 0.255 e. The highest BCUT2D eigenvalue weighted by molar-refractivity contribution is 5.78. The van der Waals surface area contributed by atoms with Crippen LogP contribution in [0.1, 0.15) is 41.8 Å². The highest BCUT2D eigenvalue weighted by Crippen LogP contribution is 2.26. The number of ether oxygens (including phenoxy) is 1. The molecule has 1 aromatic heterocycles. The van der Waals surface area contributed by atoms with Crippen LogP contribution in [0.5, 0.6) is 0 Å². The molecule has 2 aromatic rings. The Hall–Kier alpha value is -2.25. The number of carbonyl (C=O) groups excluding carboxylic acids is 1. The van der Waals surface area contributed by atoms with E-state index in [0.717, 1.165) is 39.0 Å². The second kappa shape index (κ2) is 7.97. The minimum Gasteiger partial charge on any atom is -0.368 e. The van der Waals surface area contributed by atoms with Gasteiger partial charge in [-0.1, -0.05) is 29.4 Å². The average Bonchev–Trinajstić information content (AvgIpc) is 3.33. The topological polar surface area (TPSA) is 80.5 Å². The van der Waals surface area contributed by atoms with Gasteiger partial charge in [0.2, 0.25) is 5.91 Å². The summed E-state index contributed by atoms with van der Waals surface area (Å²) in [6, 6.07) is 8.44. The summed E-state index contributed by atoms with van der Waals surface area (Å²) in [4.78, 5) is 18.7. The number of hydrogen-bond acceptors (Lipinski definition) is 6. The van der Waals surface area contributed by atoms with Gasteiger partial charge in [0.05, 0.1) is 6.54 Å². The van der Waals surface area contributed by atoms with Gasteiger partial charge in [0, 0.05) is 32.7 Å². The lowest BCUT2D eigenvalue weighted by molar-refractivity contribution is -0.122. The van der Waals surface area contributed by atoms with Crippen molar-refractivity contribution in [3.05, 3.63) is 47.1 Å². The molecule has 0 saturated carbocycles. The fourth-order valence-electron chi connectivity index (χ4n) is 3.53. The van der Waals surface area contributed by atoms with Crippen LogP contribution < -0.4 is 5.32 Å². The zero-order chi connectivity index (χ0) is 17.8. The maximum Gasteiger partial charge on any atom is 0.255 e. The molecule has 1 saturated heterocycles. The fourth-order valence-corrected chi connectivity index (χ4v) is 3.53. The third-order valence-electron chi connectivity index (χ3n) is 4.94. The summed E-state index contributed by atoms with van der Waals surface area (Å²) >= 11 is 0. The molecule has 1 atom stereocenters. The first-order valence-corrected chi connectivity index (χ1v) is 9.28. The molecule has 2 aliphatic heterocycles. The van der Waals surface area contributed by atoms with Crippen molar-refractivity contribution >= 4 is 5.91 Å². The summed E-state index contributed by atoms with van der Waals surface area (Å²) in [5.41, 5.74) is 2.71. The molecule has 0 aliphatic carbocycles. The molecular formula is C19H24N4O3. The fraction of sp³-hybridized carbons (Fsp3) is 0.526. The maximum absolute atomic E-state index is 12.2. The van der Waals surface area contributed by atoms with Crippen molar-refractivity contribution in [2.45, 2.75) is 38.3 Å². The first-order valence-electron chi connectivity index (χ1n) is 9.28. The summed E-state index contributed by atoms with van der Waals surface area (Å²) in [5, 5.41) is 6.92. The van der Waals surface area contributed by atoms with Crippen molar-refractivity contribution in [1.82, 2.24) is 20.4 Å². The molecule has 4 rings (SSSR count). The second-order valence-corrected chi connectivity index (χ2v) is 6.88. The van der Waals surface area contributed by atoms with Crippen LogP contribution in [0.15, 0.2) is 28.8 Å². The van der Waals surface area contributed by atoms with E-state index in [4.69, 9.17) is 9.26 Å². The van der Waals surface area contributed by atoms with Crippen LogP contribution in [0.25, 0.3) is 0 Å². The van der Waals surface area contributed by atoms with E-state index in [0.29, 0.717) is 31.2 Å². The van der Waals surface area contributed by atoms with Crippen LogP contribution in [0.2, 0.25) is 0 Å². The van der Waals surface area contributed by atoms with E-state index in [9.17, 15) is 4.79 Å². The van der Waals surface area contributed by atoms with Gasteiger partial charge in [0.15, 0.2) is 5.82 Å². The Morgan fingerprint density at radius 1 is 1.31 bits per heavy atom. The van der Waals surface area contributed by atoms with Crippen molar-refractivity contribution in [1.29, 1.82) is 0 Å². The first-order chi connectivity index (χ1) is 12.8. The van der Waals surface area contributed by atoms with Gasteiger partial charge in [-0.3, -0.25) is 9.69 Å². The van der Waals surface area contributed by atoms with E-state index in [1.165, 1.54) is 11.1 Å². The molecule has 0 radical (unpaired) electrons. The zero-order valence-corrected chi connectivity index (χ0v) is 14.8. The molecule has 7 nitrogen and oxygen atoms in total. The van der Waals surface area contributed by atoms with E-state index in [1.54, 1.807) is 0 Å². The Kier molecular flexibility index (Phi) is 5.26. The van der Waals surface area contributed by atoms with Crippen molar-refractivity contribution in [3.63, 3.8) is 0 Å². The molecule has 0 bridgehead atoms. The number of aromatic nitrogens is 2. The quantitative estimate of drug-likeness (QED) is 0.847. The van der Waals surface area contributed by atoms with Crippen LogP contribution in [0, 0.1) is 0 Å². The van der Waals surface area contributed by atoms with E-state index < -0.39 is 0 Å². The van der Waals surface area contributed by atoms with Gasteiger partial charge in [-0.05, 0) is 30.4 Å². The molecule has 1 amide bonds. The van der Waals surface area contributed by atoms with E-state index in [-0.39, 0.29) is 12.0 Å². The number of amides is 1. The Labute approximate surface area is 152 Å². The molecule has 2 aliphatic rings. The SMILES string of the molecule is O=C(CN1CCc2ccccc2C1)NCCc1noc(C2CCCO2)n1. The van der Waals surface area contributed by atoms with Gasteiger partial charge in [-0.15, -0.1) is 0 Å².